The van der Waals surface area contributed by atoms with Crippen molar-refractivity contribution in [3.63, 3.8) is 0 Å². The van der Waals surface area contributed by atoms with Gasteiger partial charge in [0.25, 0.3) is 0 Å². The van der Waals surface area contributed by atoms with E-state index in [4.69, 9.17) is 9.47 Å². The molecule has 2 N–H and O–H groups in total. The molecule has 1 aromatic rings. The van der Waals surface area contributed by atoms with E-state index in [2.05, 4.69) is 11.0 Å². The number of hydrogen-bond acceptors (Lipinski definition) is 5. The Morgan fingerprint density at radius 3 is 2.79 bits per heavy atom. The van der Waals surface area contributed by atoms with E-state index in [1.165, 1.54) is 30.5 Å². The Morgan fingerprint density at radius 1 is 1.29 bits per heavy atom. The van der Waals surface area contributed by atoms with E-state index < -0.39 is 11.2 Å². The predicted octanol–water partition coefficient (Wildman–Crippen LogP) is 4.33. The molecule has 5 nitrogen and oxygen atoms in total. The van der Waals surface area contributed by atoms with E-state index in [0.717, 1.165) is 50.1 Å². The fourth-order valence-corrected chi connectivity index (χ4v) is 9.62. The number of nitrogens with zero attached hydrogens (tertiary/aromatic N) is 1. The zero-order chi connectivity index (χ0) is 23.7. The Labute approximate surface area is 203 Å². The Balaban J connectivity index is 1.47. The normalized spacial score (nSPS) is 43.9. The van der Waals surface area contributed by atoms with E-state index >= 15 is 0 Å². The Morgan fingerprint density at radius 2 is 2.09 bits per heavy atom. The molecule has 2 heterocycles. The van der Waals surface area contributed by atoms with Crippen LogP contribution in [0.3, 0.4) is 0 Å². The summed E-state index contributed by atoms with van der Waals surface area (Å²) < 4.78 is 13.4. The molecule has 0 amide bonds. The molecule has 1 aromatic carbocycles. The number of piperidine rings is 1. The summed E-state index contributed by atoms with van der Waals surface area (Å²) in [5, 5.41) is 23.0. The van der Waals surface area contributed by atoms with E-state index in [1.54, 1.807) is 0 Å². The van der Waals surface area contributed by atoms with Gasteiger partial charge in [0, 0.05) is 42.0 Å². The summed E-state index contributed by atoms with van der Waals surface area (Å²) in [4.78, 5) is 2.81. The average molecular weight is 466 g/mol. The van der Waals surface area contributed by atoms with Crippen LogP contribution in [0.2, 0.25) is 0 Å². The van der Waals surface area contributed by atoms with Crippen LogP contribution in [0.1, 0.15) is 70.4 Å². The summed E-state index contributed by atoms with van der Waals surface area (Å²) in [6, 6.07) is 4.44. The second-order valence-corrected chi connectivity index (χ2v) is 12.5. The van der Waals surface area contributed by atoms with Gasteiger partial charge in [0.15, 0.2) is 11.5 Å². The Bertz CT molecular complexity index is 1090. The topological polar surface area (TPSA) is 62.2 Å². The van der Waals surface area contributed by atoms with Gasteiger partial charge in [0.1, 0.15) is 11.7 Å². The lowest BCUT2D eigenvalue weighted by molar-refractivity contribution is -0.298. The van der Waals surface area contributed by atoms with Gasteiger partial charge in [0.05, 0.1) is 5.60 Å². The van der Waals surface area contributed by atoms with Crippen LogP contribution in [0.15, 0.2) is 23.8 Å². The number of phenolic OH excluding ortho intramolecular Hbond substituents is 1. The first kappa shape index (κ1) is 21.7. The van der Waals surface area contributed by atoms with Crippen LogP contribution in [0.5, 0.6) is 11.5 Å². The minimum Gasteiger partial charge on any atom is -0.504 e. The van der Waals surface area contributed by atoms with Gasteiger partial charge < -0.3 is 19.7 Å². The molecule has 5 aliphatic carbocycles. The lowest BCUT2D eigenvalue weighted by atomic mass is 9.33. The van der Waals surface area contributed by atoms with Crippen LogP contribution in [-0.4, -0.2) is 58.7 Å². The first-order valence-corrected chi connectivity index (χ1v) is 13.4. The fraction of sp³-hybridized carbons (Fsp3) is 0.724. The van der Waals surface area contributed by atoms with Crippen LogP contribution in [-0.2, 0) is 16.6 Å². The highest BCUT2D eigenvalue weighted by atomic mass is 16.6. The van der Waals surface area contributed by atoms with Gasteiger partial charge in [0.2, 0.25) is 0 Å². The minimum atomic E-state index is -0.976. The summed E-state index contributed by atoms with van der Waals surface area (Å²) in [5.41, 5.74) is 1.96. The maximum Gasteiger partial charge on any atom is 0.165 e. The van der Waals surface area contributed by atoms with E-state index in [1.807, 2.05) is 40.0 Å². The van der Waals surface area contributed by atoms with E-state index in [9.17, 15) is 10.2 Å². The molecule has 5 fully saturated rings. The number of benzene rings is 1. The van der Waals surface area contributed by atoms with Crippen LogP contribution in [0, 0.1) is 17.3 Å². The number of methoxy groups -OCH3 is 1. The lowest BCUT2D eigenvalue weighted by Crippen LogP contribution is -2.82. The molecule has 184 valence electrons. The first-order chi connectivity index (χ1) is 16.2. The molecule has 7 aliphatic rings. The number of rotatable bonds is 5. The zero-order valence-electron chi connectivity index (χ0n) is 21.1. The highest BCUT2D eigenvalue weighted by Crippen LogP contribution is 2.77. The van der Waals surface area contributed by atoms with Crippen molar-refractivity contribution in [2.45, 2.75) is 94.5 Å². The van der Waals surface area contributed by atoms with Crippen molar-refractivity contribution < 1.29 is 19.7 Å². The van der Waals surface area contributed by atoms with Crippen LogP contribution in [0.25, 0.3) is 0 Å². The molecule has 2 aliphatic heterocycles. The molecule has 2 unspecified atom stereocenters. The van der Waals surface area contributed by atoms with Gasteiger partial charge >= 0.3 is 0 Å². The molecular weight excluding hydrogens is 426 g/mol. The molecule has 4 saturated carbocycles. The molecule has 8 rings (SSSR count). The van der Waals surface area contributed by atoms with E-state index in [-0.39, 0.29) is 28.6 Å². The predicted molar refractivity (Wildman–Crippen MR) is 130 cm³/mol. The third-order valence-corrected chi connectivity index (χ3v) is 11.6. The third kappa shape index (κ3) is 2.24. The molecule has 34 heavy (non-hydrogen) atoms. The van der Waals surface area contributed by atoms with Gasteiger partial charge in [-0.05, 0) is 95.4 Å². The molecule has 1 saturated heterocycles. The van der Waals surface area contributed by atoms with Crippen molar-refractivity contribution in [2.75, 3.05) is 20.2 Å². The number of fused-ring (bicyclic) bond motifs is 2. The highest BCUT2D eigenvalue weighted by Gasteiger charge is 2.82. The van der Waals surface area contributed by atoms with Crippen LogP contribution >= 0.6 is 0 Å². The average Bonchev–Trinajstić information content (AvgIpc) is 3.58. The smallest absolute Gasteiger partial charge is 0.165 e. The minimum absolute atomic E-state index is 0.0276. The zero-order valence-corrected chi connectivity index (χ0v) is 21.1. The maximum absolute atomic E-state index is 12.1. The SMILES string of the molecule is C/C=C(\C)C(C)(O)[C@H]1CC23CC[C@@]1(OC)[C@@H]1Oc4c(O)ccc5c4[C@@]12CCN(CC1CC1)[C@@H]3C5. The summed E-state index contributed by atoms with van der Waals surface area (Å²) in [7, 11) is 1.82. The van der Waals surface area contributed by atoms with Gasteiger partial charge in [-0.2, -0.15) is 0 Å². The van der Waals surface area contributed by atoms with E-state index in [0.29, 0.717) is 11.8 Å². The van der Waals surface area contributed by atoms with Gasteiger partial charge in [-0.1, -0.05) is 12.1 Å². The second-order valence-electron chi connectivity index (χ2n) is 12.5. The number of allylic oxidation sites excluding steroid dienone is 1. The summed E-state index contributed by atoms with van der Waals surface area (Å²) in [6.07, 6.45) is 9.61. The summed E-state index contributed by atoms with van der Waals surface area (Å²) in [5.74, 6) is 1.75. The molecule has 0 radical (unpaired) electrons. The quantitative estimate of drug-likeness (QED) is 0.634. The first-order valence-electron chi connectivity index (χ1n) is 13.4. The van der Waals surface area contributed by atoms with Crippen molar-refractivity contribution >= 4 is 0 Å². The highest BCUT2D eigenvalue weighted by molar-refractivity contribution is 5.63. The van der Waals surface area contributed by atoms with Crippen molar-refractivity contribution in [3.05, 3.63) is 34.9 Å². The Hall–Kier alpha value is -1.56. The molecule has 7 atom stereocenters. The second kappa shape index (κ2) is 6.60. The van der Waals surface area contributed by atoms with Crippen LogP contribution in [0.4, 0.5) is 0 Å². The number of aliphatic hydroxyl groups is 1. The van der Waals surface area contributed by atoms with Gasteiger partial charge in [-0.15, -0.1) is 0 Å². The number of hydrogen-bond donors (Lipinski definition) is 2. The summed E-state index contributed by atoms with van der Waals surface area (Å²) in [6.45, 7) is 8.35. The molecular formula is C29H39NO4. The standard InChI is InChI=1S/C29H39NO4/c1-5-17(2)26(3,32)21-15-27-10-11-29(21,33-4)25-28(27)12-13-30(16-18-6-7-18)22(27)14-19-8-9-20(31)24(34-25)23(19)28/h5,8-9,18,21-22,25,31-32H,6-7,10-16H2,1-4H3/b17-5+/t21-,22-,25-,26?,27?,28+,29+/m1/s1. The summed E-state index contributed by atoms with van der Waals surface area (Å²) >= 11 is 0. The monoisotopic (exact) mass is 465 g/mol. The maximum atomic E-state index is 12.1. The molecule has 0 aromatic heterocycles. The van der Waals surface area contributed by atoms with Crippen molar-refractivity contribution in [1.82, 2.24) is 4.90 Å². The number of phenols is 1. The van der Waals surface area contributed by atoms with Gasteiger partial charge in [-0.3, -0.25) is 4.90 Å². The largest absolute Gasteiger partial charge is 0.504 e. The number of ether oxygens (including phenoxy) is 2. The molecule has 5 heteroatoms. The lowest BCUT2D eigenvalue weighted by Gasteiger charge is -2.75. The molecule has 2 spiro atoms. The fourth-order valence-electron chi connectivity index (χ4n) is 9.62. The third-order valence-electron chi connectivity index (χ3n) is 11.6. The molecule has 4 bridgehead atoms. The van der Waals surface area contributed by atoms with Crippen LogP contribution < -0.4 is 4.74 Å². The van der Waals surface area contributed by atoms with Crippen molar-refractivity contribution in [1.29, 1.82) is 0 Å². The van der Waals surface area contributed by atoms with Crippen molar-refractivity contribution in [3.8, 4) is 11.5 Å². The number of likely N-dealkylation sites (tertiary alicyclic amines) is 1. The van der Waals surface area contributed by atoms with Gasteiger partial charge in [-0.25, -0.2) is 0 Å². The Kier molecular flexibility index (Phi) is 4.21. The number of aromatic hydroxyl groups is 1. The van der Waals surface area contributed by atoms with Crippen molar-refractivity contribution in [2.24, 2.45) is 17.3 Å².